The molecule has 2 unspecified atom stereocenters. The molecule has 0 spiro atoms. The molecule has 3 nitrogen and oxygen atoms in total. The molecule has 0 aromatic carbocycles. The third-order valence-electron chi connectivity index (χ3n) is 3.28. The normalized spacial score (nSPS) is 42.4. The van der Waals surface area contributed by atoms with Gasteiger partial charge in [-0.1, -0.05) is 13.8 Å². The molecule has 1 rings (SSSR count). The van der Waals surface area contributed by atoms with Gasteiger partial charge in [0.05, 0.1) is 12.2 Å². The Morgan fingerprint density at radius 2 is 1.50 bits per heavy atom. The van der Waals surface area contributed by atoms with Crippen LogP contribution >= 0.6 is 0 Å². The molecule has 14 heavy (non-hydrogen) atoms. The molecule has 84 valence electrons. The van der Waals surface area contributed by atoms with Gasteiger partial charge in [-0.25, -0.2) is 0 Å². The van der Waals surface area contributed by atoms with Crippen LogP contribution in [0.5, 0.6) is 0 Å². The first-order valence-corrected chi connectivity index (χ1v) is 5.31. The van der Waals surface area contributed by atoms with Crippen LogP contribution in [0, 0.1) is 5.41 Å². The SMILES string of the molecule is CCOC1(C)OC(C)C(C)(C)C(C)O1. The zero-order valence-corrected chi connectivity index (χ0v) is 10.1. The van der Waals surface area contributed by atoms with Crippen molar-refractivity contribution in [2.45, 2.75) is 59.7 Å². The maximum absolute atomic E-state index is 5.76. The van der Waals surface area contributed by atoms with Gasteiger partial charge in [-0.2, -0.15) is 0 Å². The van der Waals surface area contributed by atoms with Crippen molar-refractivity contribution in [1.29, 1.82) is 0 Å². The largest absolute Gasteiger partial charge is 0.328 e. The van der Waals surface area contributed by atoms with Crippen molar-refractivity contribution in [3.63, 3.8) is 0 Å². The van der Waals surface area contributed by atoms with Crippen LogP contribution in [0.25, 0.3) is 0 Å². The quantitative estimate of drug-likeness (QED) is 0.688. The molecular weight excluding hydrogens is 180 g/mol. The van der Waals surface area contributed by atoms with Crippen LogP contribution in [0.2, 0.25) is 0 Å². The fourth-order valence-electron chi connectivity index (χ4n) is 1.63. The lowest BCUT2D eigenvalue weighted by Gasteiger charge is -2.49. The average Bonchev–Trinajstić information content (AvgIpc) is 2.01. The molecule has 1 fully saturated rings. The van der Waals surface area contributed by atoms with E-state index in [9.17, 15) is 0 Å². The molecule has 0 saturated carbocycles. The summed E-state index contributed by atoms with van der Waals surface area (Å²) in [5.41, 5.74) is 0.0244. The van der Waals surface area contributed by atoms with Gasteiger partial charge in [0.2, 0.25) is 0 Å². The Morgan fingerprint density at radius 3 is 1.86 bits per heavy atom. The lowest BCUT2D eigenvalue weighted by atomic mass is 9.81. The summed E-state index contributed by atoms with van der Waals surface area (Å²) in [4.78, 5) is 0. The maximum atomic E-state index is 5.76. The Hall–Kier alpha value is -0.120. The Labute approximate surface area is 86.7 Å². The molecule has 0 aliphatic carbocycles. The minimum absolute atomic E-state index is 0.0244. The molecule has 0 radical (unpaired) electrons. The van der Waals surface area contributed by atoms with Gasteiger partial charge in [0.1, 0.15) is 0 Å². The second-order valence-electron chi connectivity index (χ2n) is 4.64. The number of hydrogen-bond donors (Lipinski definition) is 0. The van der Waals surface area contributed by atoms with Crippen LogP contribution in [0.4, 0.5) is 0 Å². The third-order valence-corrected chi connectivity index (χ3v) is 3.28. The Balaban J connectivity index is 2.74. The minimum atomic E-state index is -0.872. The zero-order chi connectivity index (χ0) is 11.0. The van der Waals surface area contributed by atoms with Gasteiger partial charge in [0.25, 0.3) is 5.97 Å². The van der Waals surface area contributed by atoms with Crippen LogP contribution in [-0.4, -0.2) is 24.8 Å². The predicted octanol–water partition coefficient (Wildman–Crippen LogP) is 2.55. The van der Waals surface area contributed by atoms with Crippen molar-refractivity contribution in [3.05, 3.63) is 0 Å². The van der Waals surface area contributed by atoms with Crippen molar-refractivity contribution in [2.75, 3.05) is 6.61 Å². The van der Waals surface area contributed by atoms with Crippen molar-refractivity contribution < 1.29 is 14.2 Å². The van der Waals surface area contributed by atoms with Gasteiger partial charge in [-0.15, -0.1) is 0 Å². The van der Waals surface area contributed by atoms with E-state index in [-0.39, 0.29) is 17.6 Å². The standard InChI is InChI=1S/C11H22O3/c1-7-12-11(6)13-8(2)10(4,5)9(3)14-11/h8-9H,7H2,1-6H3. The summed E-state index contributed by atoms with van der Waals surface area (Å²) in [6.45, 7) is 12.8. The van der Waals surface area contributed by atoms with Crippen LogP contribution in [-0.2, 0) is 14.2 Å². The summed E-state index contributed by atoms with van der Waals surface area (Å²) in [6, 6.07) is 0. The third kappa shape index (κ3) is 2.10. The van der Waals surface area contributed by atoms with Gasteiger partial charge in [0.15, 0.2) is 0 Å². The van der Waals surface area contributed by atoms with E-state index in [1.807, 2.05) is 13.8 Å². The molecule has 2 atom stereocenters. The minimum Gasteiger partial charge on any atom is -0.328 e. The van der Waals surface area contributed by atoms with E-state index in [1.54, 1.807) is 0 Å². The van der Waals surface area contributed by atoms with Gasteiger partial charge < -0.3 is 14.2 Å². The van der Waals surface area contributed by atoms with E-state index in [0.29, 0.717) is 6.61 Å². The number of rotatable bonds is 2. The highest BCUT2D eigenvalue weighted by atomic mass is 16.9. The lowest BCUT2D eigenvalue weighted by molar-refractivity contribution is -0.441. The topological polar surface area (TPSA) is 27.7 Å². The van der Waals surface area contributed by atoms with E-state index >= 15 is 0 Å². The van der Waals surface area contributed by atoms with Crippen LogP contribution in [0.1, 0.15) is 41.5 Å². The molecule has 0 aromatic heterocycles. The molecule has 1 aliphatic heterocycles. The fourth-order valence-corrected chi connectivity index (χ4v) is 1.63. The van der Waals surface area contributed by atoms with Crippen LogP contribution in [0.3, 0.4) is 0 Å². The predicted molar refractivity (Wildman–Crippen MR) is 54.9 cm³/mol. The Morgan fingerprint density at radius 1 is 1.07 bits per heavy atom. The highest BCUT2D eigenvalue weighted by Gasteiger charge is 2.47. The fraction of sp³-hybridized carbons (Fsp3) is 1.00. The number of hydrogen-bond acceptors (Lipinski definition) is 3. The van der Waals surface area contributed by atoms with Gasteiger partial charge >= 0.3 is 0 Å². The van der Waals surface area contributed by atoms with Crippen molar-refractivity contribution >= 4 is 0 Å². The monoisotopic (exact) mass is 202 g/mol. The first kappa shape index (κ1) is 12.0. The smallest absolute Gasteiger partial charge is 0.280 e. The molecule has 0 bridgehead atoms. The van der Waals surface area contributed by atoms with Crippen LogP contribution in [0.15, 0.2) is 0 Å². The summed E-state index contributed by atoms with van der Waals surface area (Å²) in [7, 11) is 0. The van der Waals surface area contributed by atoms with Crippen molar-refractivity contribution in [3.8, 4) is 0 Å². The molecule has 1 heterocycles. The average molecular weight is 202 g/mol. The van der Waals surface area contributed by atoms with E-state index in [2.05, 4.69) is 27.7 Å². The zero-order valence-electron chi connectivity index (χ0n) is 10.1. The molecule has 0 aromatic rings. The summed E-state index contributed by atoms with van der Waals surface area (Å²) in [5.74, 6) is -0.872. The summed E-state index contributed by atoms with van der Waals surface area (Å²) >= 11 is 0. The lowest BCUT2D eigenvalue weighted by Crippen LogP contribution is -2.56. The summed E-state index contributed by atoms with van der Waals surface area (Å²) in [6.07, 6.45) is 0.255. The highest BCUT2D eigenvalue weighted by Crippen LogP contribution is 2.39. The second kappa shape index (κ2) is 3.80. The Bertz CT molecular complexity index is 187. The van der Waals surface area contributed by atoms with Crippen molar-refractivity contribution in [2.24, 2.45) is 5.41 Å². The van der Waals surface area contributed by atoms with Gasteiger partial charge in [-0.3, -0.25) is 0 Å². The van der Waals surface area contributed by atoms with E-state index in [4.69, 9.17) is 14.2 Å². The number of ether oxygens (including phenoxy) is 3. The van der Waals surface area contributed by atoms with Gasteiger partial charge in [0, 0.05) is 18.9 Å². The Kier molecular flexibility index (Phi) is 3.24. The first-order chi connectivity index (χ1) is 6.32. The molecule has 0 N–H and O–H groups in total. The summed E-state index contributed by atoms with van der Waals surface area (Å²) in [5, 5.41) is 0. The molecule has 0 amide bonds. The van der Waals surface area contributed by atoms with Crippen LogP contribution < -0.4 is 0 Å². The summed E-state index contributed by atoms with van der Waals surface area (Å²) < 4.78 is 17.0. The maximum Gasteiger partial charge on any atom is 0.280 e. The van der Waals surface area contributed by atoms with E-state index < -0.39 is 5.97 Å². The second-order valence-corrected chi connectivity index (χ2v) is 4.64. The molecule has 1 aliphatic rings. The van der Waals surface area contributed by atoms with Gasteiger partial charge in [-0.05, 0) is 20.8 Å². The van der Waals surface area contributed by atoms with Crippen molar-refractivity contribution in [1.82, 2.24) is 0 Å². The molecule has 3 heteroatoms. The van der Waals surface area contributed by atoms with E-state index in [0.717, 1.165) is 0 Å². The van der Waals surface area contributed by atoms with E-state index in [1.165, 1.54) is 0 Å². The molecular formula is C11H22O3. The first-order valence-electron chi connectivity index (χ1n) is 5.31. The molecule has 1 saturated heterocycles. The highest BCUT2D eigenvalue weighted by molar-refractivity contribution is 4.86.